The van der Waals surface area contributed by atoms with Gasteiger partial charge in [-0.1, -0.05) is 0 Å². The molecule has 1 aliphatic carbocycles. The van der Waals surface area contributed by atoms with Crippen LogP contribution in [0.3, 0.4) is 0 Å². The SMILES string of the molecule is O=C(O)[C@H](C1CC1)N1CC(CS)CC1=O. The summed E-state index contributed by atoms with van der Waals surface area (Å²) in [4.78, 5) is 24.3. The Balaban J connectivity index is 2.07. The number of carbonyl (C=O) groups is 2. The Morgan fingerprint density at radius 2 is 2.27 bits per heavy atom. The fraction of sp³-hybridized carbons (Fsp3) is 0.800. The van der Waals surface area contributed by atoms with Gasteiger partial charge in [-0.25, -0.2) is 4.79 Å². The lowest BCUT2D eigenvalue weighted by Gasteiger charge is -2.24. The number of thiol groups is 1. The van der Waals surface area contributed by atoms with Crippen LogP contribution in [0.15, 0.2) is 0 Å². The average molecular weight is 229 g/mol. The minimum atomic E-state index is -0.856. The maximum atomic E-state index is 11.7. The number of rotatable bonds is 4. The van der Waals surface area contributed by atoms with E-state index in [0.29, 0.717) is 18.7 Å². The van der Waals surface area contributed by atoms with E-state index in [4.69, 9.17) is 5.11 Å². The Labute approximate surface area is 94.0 Å². The van der Waals surface area contributed by atoms with Crippen LogP contribution in [0.25, 0.3) is 0 Å². The van der Waals surface area contributed by atoms with Crippen molar-refractivity contribution in [3.8, 4) is 0 Å². The van der Waals surface area contributed by atoms with Crippen LogP contribution < -0.4 is 0 Å². The molecule has 4 nitrogen and oxygen atoms in total. The molecule has 5 heteroatoms. The summed E-state index contributed by atoms with van der Waals surface area (Å²) < 4.78 is 0. The normalized spacial score (nSPS) is 28.2. The van der Waals surface area contributed by atoms with E-state index in [9.17, 15) is 9.59 Å². The third kappa shape index (κ3) is 2.12. The summed E-state index contributed by atoms with van der Waals surface area (Å²) in [7, 11) is 0. The zero-order valence-electron chi connectivity index (χ0n) is 8.43. The molecule has 0 aromatic heterocycles. The van der Waals surface area contributed by atoms with E-state index in [-0.39, 0.29) is 17.7 Å². The van der Waals surface area contributed by atoms with E-state index in [1.54, 1.807) is 4.90 Å². The first-order valence-corrected chi connectivity index (χ1v) is 5.90. The highest BCUT2D eigenvalue weighted by Crippen LogP contribution is 2.37. The summed E-state index contributed by atoms with van der Waals surface area (Å²) in [6, 6.07) is -0.581. The quantitative estimate of drug-likeness (QED) is 0.695. The van der Waals surface area contributed by atoms with Gasteiger partial charge in [0.15, 0.2) is 0 Å². The molecule has 84 valence electrons. The molecule has 1 N–H and O–H groups in total. The first-order valence-electron chi connectivity index (χ1n) is 5.26. The number of carboxylic acids is 1. The molecule has 0 radical (unpaired) electrons. The van der Waals surface area contributed by atoms with E-state index in [1.165, 1.54) is 0 Å². The fourth-order valence-electron chi connectivity index (χ4n) is 2.20. The third-order valence-corrected chi connectivity index (χ3v) is 3.67. The molecule has 1 aliphatic heterocycles. The fourth-order valence-corrected chi connectivity index (χ4v) is 2.45. The van der Waals surface area contributed by atoms with Crippen LogP contribution in [0.1, 0.15) is 19.3 Å². The van der Waals surface area contributed by atoms with Crippen LogP contribution in [0.5, 0.6) is 0 Å². The van der Waals surface area contributed by atoms with Gasteiger partial charge >= 0.3 is 5.97 Å². The smallest absolute Gasteiger partial charge is 0.326 e. The molecule has 1 unspecified atom stereocenters. The van der Waals surface area contributed by atoms with E-state index in [2.05, 4.69) is 12.6 Å². The van der Waals surface area contributed by atoms with E-state index < -0.39 is 12.0 Å². The summed E-state index contributed by atoms with van der Waals surface area (Å²) in [5, 5.41) is 9.11. The van der Waals surface area contributed by atoms with Crippen LogP contribution in [0.2, 0.25) is 0 Å². The second-order valence-corrected chi connectivity index (χ2v) is 4.78. The van der Waals surface area contributed by atoms with Crippen molar-refractivity contribution in [3.05, 3.63) is 0 Å². The Bertz CT molecular complexity index is 290. The molecule has 1 saturated heterocycles. The van der Waals surface area contributed by atoms with E-state index >= 15 is 0 Å². The molecule has 1 heterocycles. The second-order valence-electron chi connectivity index (χ2n) is 4.42. The number of amides is 1. The molecule has 0 bridgehead atoms. The van der Waals surface area contributed by atoms with Crippen LogP contribution in [0.4, 0.5) is 0 Å². The number of hydrogen-bond donors (Lipinski definition) is 2. The lowest BCUT2D eigenvalue weighted by atomic mass is 10.1. The molecule has 1 saturated carbocycles. The van der Waals surface area contributed by atoms with Gasteiger partial charge in [-0.05, 0) is 30.4 Å². The van der Waals surface area contributed by atoms with Crippen LogP contribution in [-0.4, -0.2) is 40.2 Å². The number of nitrogens with zero attached hydrogens (tertiary/aromatic N) is 1. The molecular weight excluding hydrogens is 214 g/mol. The maximum absolute atomic E-state index is 11.7. The van der Waals surface area contributed by atoms with E-state index in [0.717, 1.165) is 12.8 Å². The van der Waals surface area contributed by atoms with Crippen LogP contribution >= 0.6 is 12.6 Å². The monoisotopic (exact) mass is 229 g/mol. The molecule has 0 spiro atoms. The maximum Gasteiger partial charge on any atom is 0.326 e. The van der Waals surface area contributed by atoms with Gasteiger partial charge in [-0.2, -0.15) is 12.6 Å². The van der Waals surface area contributed by atoms with Crippen molar-refractivity contribution in [1.29, 1.82) is 0 Å². The standard InChI is InChI=1S/C10H15NO3S/c12-8-3-6(5-15)4-11(8)9(10(13)14)7-1-2-7/h6-7,9,15H,1-5H2,(H,13,14)/t6?,9-/m0/s1. The molecule has 2 atom stereocenters. The zero-order valence-corrected chi connectivity index (χ0v) is 9.32. The minimum Gasteiger partial charge on any atom is -0.480 e. The second kappa shape index (κ2) is 4.04. The molecular formula is C10H15NO3S. The van der Waals surface area contributed by atoms with Crippen LogP contribution in [-0.2, 0) is 9.59 Å². The van der Waals surface area contributed by atoms with Gasteiger partial charge < -0.3 is 10.0 Å². The zero-order chi connectivity index (χ0) is 11.0. The van der Waals surface area contributed by atoms with Crippen molar-refractivity contribution >= 4 is 24.5 Å². The number of carboxylic acid groups (broad SMARTS) is 1. The summed E-state index contributed by atoms with van der Waals surface area (Å²) in [6.45, 7) is 0.565. The van der Waals surface area contributed by atoms with Crippen molar-refractivity contribution in [1.82, 2.24) is 4.90 Å². The summed E-state index contributed by atoms with van der Waals surface area (Å²) >= 11 is 4.16. The first kappa shape index (κ1) is 10.8. The minimum absolute atomic E-state index is 0.0200. The Kier molecular flexibility index (Phi) is 2.91. The van der Waals surface area contributed by atoms with Gasteiger partial charge in [-0.3, -0.25) is 4.79 Å². The summed E-state index contributed by atoms with van der Waals surface area (Å²) in [6.07, 6.45) is 2.33. The Morgan fingerprint density at radius 1 is 1.60 bits per heavy atom. The van der Waals surface area contributed by atoms with Crippen LogP contribution in [0, 0.1) is 11.8 Å². The predicted octanol–water partition coefficient (Wildman–Crippen LogP) is 0.628. The van der Waals surface area contributed by atoms with Gasteiger partial charge in [0.05, 0.1) is 0 Å². The average Bonchev–Trinajstić information content (AvgIpc) is 2.92. The highest BCUT2D eigenvalue weighted by molar-refractivity contribution is 7.80. The van der Waals surface area contributed by atoms with Crippen molar-refractivity contribution in [2.24, 2.45) is 11.8 Å². The summed E-state index contributed by atoms with van der Waals surface area (Å²) in [5.74, 6) is 0.185. The molecule has 0 aromatic rings. The van der Waals surface area contributed by atoms with Crippen molar-refractivity contribution in [2.75, 3.05) is 12.3 Å². The highest BCUT2D eigenvalue weighted by Gasteiger charge is 2.45. The van der Waals surface area contributed by atoms with E-state index in [1.807, 2.05) is 0 Å². The molecule has 2 aliphatic rings. The molecule has 2 fully saturated rings. The van der Waals surface area contributed by atoms with Gasteiger partial charge in [0.2, 0.25) is 5.91 Å². The largest absolute Gasteiger partial charge is 0.480 e. The van der Waals surface area contributed by atoms with Crippen molar-refractivity contribution in [2.45, 2.75) is 25.3 Å². The Morgan fingerprint density at radius 3 is 2.67 bits per heavy atom. The van der Waals surface area contributed by atoms with Gasteiger partial charge in [0, 0.05) is 13.0 Å². The summed E-state index contributed by atoms with van der Waals surface area (Å²) in [5.41, 5.74) is 0. The topological polar surface area (TPSA) is 57.6 Å². The molecule has 2 rings (SSSR count). The Hall–Kier alpha value is -0.710. The van der Waals surface area contributed by atoms with Crippen molar-refractivity contribution in [3.63, 3.8) is 0 Å². The van der Waals surface area contributed by atoms with Gasteiger partial charge in [0.25, 0.3) is 0 Å². The lowest BCUT2D eigenvalue weighted by molar-refractivity contribution is -0.149. The number of likely N-dealkylation sites (tertiary alicyclic amines) is 1. The molecule has 1 amide bonds. The van der Waals surface area contributed by atoms with Gasteiger partial charge in [0.1, 0.15) is 6.04 Å². The molecule has 0 aromatic carbocycles. The number of hydrogen-bond acceptors (Lipinski definition) is 3. The lowest BCUT2D eigenvalue weighted by Crippen LogP contribution is -2.43. The first-order chi connectivity index (χ1) is 7.13. The number of aliphatic carboxylic acids is 1. The van der Waals surface area contributed by atoms with Gasteiger partial charge in [-0.15, -0.1) is 0 Å². The predicted molar refractivity (Wildman–Crippen MR) is 57.8 cm³/mol. The van der Waals surface area contributed by atoms with Crippen molar-refractivity contribution < 1.29 is 14.7 Å². The third-order valence-electron chi connectivity index (χ3n) is 3.15. The molecule has 15 heavy (non-hydrogen) atoms. The number of carbonyl (C=O) groups excluding carboxylic acids is 1. The highest BCUT2D eigenvalue weighted by atomic mass is 32.1.